The molecule has 5 nitrogen and oxygen atoms in total. The Bertz CT molecular complexity index is 305. The van der Waals surface area contributed by atoms with Crippen LogP contribution in [0.3, 0.4) is 0 Å². The van der Waals surface area contributed by atoms with Crippen LogP contribution in [0.5, 0.6) is 0 Å². The highest BCUT2D eigenvalue weighted by Crippen LogP contribution is 2.08. The van der Waals surface area contributed by atoms with Crippen molar-refractivity contribution in [2.24, 2.45) is 0 Å². The standard InChI is InChI=1S/C13H23NO4/c1-5-6-10(15)9-14-11(16)7-8-12(17)18-13(2,3)4/h5-9H2,1-4H3,(H,14,16). The van der Waals surface area contributed by atoms with Gasteiger partial charge in [0.2, 0.25) is 5.91 Å². The van der Waals surface area contributed by atoms with Gasteiger partial charge in [-0.1, -0.05) is 6.92 Å². The van der Waals surface area contributed by atoms with Crippen LogP contribution in [0.25, 0.3) is 0 Å². The molecule has 5 heteroatoms. The van der Waals surface area contributed by atoms with Crippen molar-refractivity contribution in [2.75, 3.05) is 6.54 Å². The van der Waals surface area contributed by atoms with Crippen LogP contribution in [0.2, 0.25) is 0 Å². The zero-order valence-electron chi connectivity index (χ0n) is 11.7. The van der Waals surface area contributed by atoms with Gasteiger partial charge < -0.3 is 10.1 Å². The number of rotatable bonds is 7. The van der Waals surface area contributed by atoms with Gasteiger partial charge in [0.15, 0.2) is 5.78 Å². The van der Waals surface area contributed by atoms with E-state index in [2.05, 4.69) is 5.32 Å². The molecule has 0 saturated heterocycles. The Kier molecular flexibility index (Phi) is 7.24. The molecule has 18 heavy (non-hydrogen) atoms. The van der Waals surface area contributed by atoms with Gasteiger partial charge in [-0.15, -0.1) is 0 Å². The van der Waals surface area contributed by atoms with E-state index in [0.29, 0.717) is 6.42 Å². The Labute approximate surface area is 108 Å². The first-order valence-corrected chi connectivity index (χ1v) is 6.25. The van der Waals surface area contributed by atoms with Crippen molar-refractivity contribution in [1.82, 2.24) is 5.32 Å². The van der Waals surface area contributed by atoms with Crippen LogP contribution < -0.4 is 5.32 Å². The van der Waals surface area contributed by atoms with E-state index in [1.54, 1.807) is 20.8 Å². The predicted molar refractivity (Wildman–Crippen MR) is 68.0 cm³/mol. The molecule has 0 rings (SSSR count). The maximum Gasteiger partial charge on any atom is 0.306 e. The first kappa shape index (κ1) is 16.6. The lowest BCUT2D eigenvalue weighted by molar-refractivity contribution is -0.155. The van der Waals surface area contributed by atoms with Gasteiger partial charge in [-0.05, 0) is 27.2 Å². The van der Waals surface area contributed by atoms with Crippen LogP contribution >= 0.6 is 0 Å². The number of ether oxygens (including phenoxy) is 1. The summed E-state index contributed by atoms with van der Waals surface area (Å²) >= 11 is 0. The molecule has 1 amide bonds. The third kappa shape index (κ3) is 9.81. The van der Waals surface area contributed by atoms with Gasteiger partial charge in [0.25, 0.3) is 0 Å². The lowest BCUT2D eigenvalue weighted by atomic mass is 10.2. The minimum absolute atomic E-state index is 0.00289. The van der Waals surface area contributed by atoms with E-state index in [1.165, 1.54) is 0 Å². The van der Waals surface area contributed by atoms with Crippen LogP contribution in [-0.4, -0.2) is 29.8 Å². The van der Waals surface area contributed by atoms with Crippen LogP contribution in [0, 0.1) is 0 Å². The van der Waals surface area contributed by atoms with E-state index < -0.39 is 11.6 Å². The van der Waals surface area contributed by atoms with Crippen molar-refractivity contribution < 1.29 is 19.1 Å². The van der Waals surface area contributed by atoms with Gasteiger partial charge >= 0.3 is 5.97 Å². The van der Waals surface area contributed by atoms with E-state index >= 15 is 0 Å². The number of ketones is 1. The number of nitrogens with one attached hydrogen (secondary N) is 1. The summed E-state index contributed by atoms with van der Waals surface area (Å²) in [5.41, 5.74) is -0.537. The summed E-state index contributed by atoms with van der Waals surface area (Å²) in [7, 11) is 0. The second kappa shape index (κ2) is 7.84. The first-order chi connectivity index (χ1) is 8.24. The Balaban J connectivity index is 3.77. The first-order valence-electron chi connectivity index (χ1n) is 6.25. The van der Waals surface area contributed by atoms with Crippen molar-refractivity contribution in [3.8, 4) is 0 Å². The van der Waals surface area contributed by atoms with Crippen LogP contribution in [0.1, 0.15) is 53.4 Å². The summed E-state index contributed by atoms with van der Waals surface area (Å²) in [6.07, 6.45) is 1.32. The fourth-order valence-electron chi connectivity index (χ4n) is 1.26. The monoisotopic (exact) mass is 257 g/mol. The smallest absolute Gasteiger partial charge is 0.306 e. The molecule has 1 N–H and O–H groups in total. The Hall–Kier alpha value is -1.39. The van der Waals surface area contributed by atoms with Gasteiger partial charge in [-0.3, -0.25) is 14.4 Å². The van der Waals surface area contributed by atoms with E-state index in [1.807, 2.05) is 6.92 Å². The largest absolute Gasteiger partial charge is 0.460 e. The van der Waals surface area contributed by atoms with E-state index in [4.69, 9.17) is 4.74 Å². The Morgan fingerprint density at radius 2 is 1.67 bits per heavy atom. The number of hydrogen-bond acceptors (Lipinski definition) is 4. The van der Waals surface area contributed by atoms with Crippen LogP contribution in [0.4, 0.5) is 0 Å². The van der Waals surface area contributed by atoms with Crippen LogP contribution in [-0.2, 0) is 19.1 Å². The summed E-state index contributed by atoms with van der Waals surface area (Å²) in [6, 6.07) is 0. The minimum Gasteiger partial charge on any atom is -0.460 e. The highest BCUT2D eigenvalue weighted by molar-refractivity contribution is 5.87. The van der Waals surface area contributed by atoms with Gasteiger partial charge in [0, 0.05) is 12.8 Å². The molecule has 0 bridgehead atoms. The molecule has 0 aliphatic carbocycles. The maximum absolute atomic E-state index is 11.4. The maximum atomic E-state index is 11.4. The Morgan fingerprint density at radius 3 is 2.17 bits per heavy atom. The molecule has 0 aromatic rings. The third-order valence-corrected chi connectivity index (χ3v) is 1.99. The Morgan fingerprint density at radius 1 is 1.06 bits per heavy atom. The lowest BCUT2D eigenvalue weighted by Gasteiger charge is -2.19. The molecule has 0 aromatic heterocycles. The molecule has 0 heterocycles. The molecular weight excluding hydrogens is 234 g/mol. The zero-order valence-corrected chi connectivity index (χ0v) is 11.7. The second-order valence-electron chi connectivity index (χ2n) is 5.15. The number of carbonyl (C=O) groups excluding carboxylic acids is 3. The summed E-state index contributed by atoms with van der Waals surface area (Å²) in [5.74, 6) is -0.703. The second-order valence-corrected chi connectivity index (χ2v) is 5.15. The quantitative estimate of drug-likeness (QED) is 0.703. The van der Waals surface area contributed by atoms with Gasteiger partial charge in [0.1, 0.15) is 5.60 Å². The molecular formula is C13H23NO4. The molecule has 0 radical (unpaired) electrons. The van der Waals surface area contributed by atoms with Crippen LogP contribution in [0.15, 0.2) is 0 Å². The van der Waals surface area contributed by atoms with Gasteiger partial charge in [-0.25, -0.2) is 0 Å². The molecule has 0 fully saturated rings. The highest BCUT2D eigenvalue weighted by atomic mass is 16.6. The average Bonchev–Trinajstić information content (AvgIpc) is 2.21. The van der Waals surface area contributed by atoms with Crippen molar-refractivity contribution in [3.05, 3.63) is 0 Å². The van der Waals surface area contributed by atoms with E-state index in [9.17, 15) is 14.4 Å². The molecule has 0 atom stereocenters. The number of esters is 1. The number of hydrogen-bond donors (Lipinski definition) is 1. The van der Waals surface area contributed by atoms with Gasteiger partial charge in [-0.2, -0.15) is 0 Å². The molecule has 0 spiro atoms. The van der Waals surface area contributed by atoms with E-state index in [0.717, 1.165) is 6.42 Å². The van der Waals surface area contributed by atoms with Crippen molar-refractivity contribution >= 4 is 17.7 Å². The van der Waals surface area contributed by atoms with Crippen molar-refractivity contribution in [1.29, 1.82) is 0 Å². The fourth-order valence-corrected chi connectivity index (χ4v) is 1.26. The molecule has 0 saturated carbocycles. The topological polar surface area (TPSA) is 72.5 Å². The number of carbonyl (C=O) groups is 3. The predicted octanol–water partition coefficient (Wildman–Crippen LogP) is 1.59. The molecule has 104 valence electrons. The fraction of sp³-hybridized carbons (Fsp3) is 0.769. The zero-order chi connectivity index (χ0) is 14.2. The molecule has 0 unspecified atom stereocenters. The molecule has 0 aliphatic rings. The average molecular weight is 257 g/mol. The minimum atomic E-state index is -0.537. The molecule has 0 aliphatic heterocycles. The lowest BCUT2D eigenvalue weighted by Crippen LogP contribution is -2.30. The normalized spacial score (nSPS) is 10.9. The summed E-state index contributed by atoms with van der Waals surface area (Å²) in [4.78, 5) is 33.9. The SMILES string of the molecule is CCCC(=O)CNC(=O)CCC(=O)OC(C)(C)C. The number of Topliss-reactive ketones (excluding diaryl/α,β-unsaturated/α-hetero) is 1. The summed E-state index contributed by atoms with van der Waals surface area (Å²) in [6.45, 7) is 7.26. The highest BCUT2D eigenvalue weighted by Gasteiger charge is 2.17. The number of amides is 1. The van der Waals surface area contributed by atoms with Crippen molar-refractivity contribution in [3.63, 3.8) is 0 Å². The van der Waals surface area contributed by atoms with Crippen molar-refractivity contribution in [2.45, 2.75) is 59.0 Å². The molecule has 0 aromatic carbocycles. The third-order valence-electron chi connectivity index (χ3n) is 1.99. The summed E-state index contributed by atoms with van der Waals surface area (Å²) < 4.78 is 5.07. The van der Waals surface area contributed by atoms with Gasteiger partial charge in [0.05, 0.1) is 13.0 Å². The van der Waals surface area contributed by atoms with E-state index in [-0.39, 0.29) is 31.1 Å². The summed E-state index contributed by atoms with van der Waals surface area (Å²) in [5, 5.41) is 2.49.